The van der Waals surface area contributed by atoms with Gasteiger partial charge in [-0.2, -0.15) is 5.10 Å². The number of nitrogens with zero attached hydrogens (tertiary/aromatic N) is 4. The Labute approximate surface area is 124 Å². The molecule has 0 bridgehead atoms. The quantitative estimate of drug-likeness (QED) is 0.578. The largest absolute Gasteiger partial charge is 0.332 e. The minimum absolute atomic E-state index is 0.0205. The van der Waals surface area contributed by atoms with Crippen LogP contribution in [0.5, 0.6) is 0 Å². The fourth-order valence-electron chi connectivity index (χ4n) is 1.78. The summed E-state index contributed by atoms with van der Waals surface area (Å²) >= 11 is 1.48. The summed E-state index contributed by atoms with van der Waals surface area (Å²) in [5.74, 6) is 0. The monoisotopic (exact) mass is 301 g/mol. The summed E-state index contributed by atoms with van der Waals surface area (Å²) in [5, 5.41) is 20.4. The average Bonchev–Trinajstić information content (AvgIpc) is 3.10. The number of aromatic nitrogens is 3. The Morgan fingerprint density at radius 3 is 2.86 bits per heavy atom. The van der Waals surface area contributed by atoms with E-state index in [1.54, 1.807) is 0 Å². The Bertz CT molecular complexity index is 753. The van der Waals surface area contributed by atoms with Gasteiger partial charge in [-0.3, -0.25) is 14.8 Å². The molecule has 3 rings (SSSR count). The van der Waals surface area contributed by atoms with Crippen molar-refractivity contribution in [1.82, 2.24) is 14.8 Å². The third kappa shape index (κ3) is 3.23. The molecule has 0 aliphatic rings. The van der Waals surface area contributed by atoms with E-state index in [0.717, 1.165) is 16.5 Å². The lowest BCUT2D eigenvalue weighted by Gasteiger charge is -2.00. The van der Waals surface area contributed by atoms with Gasteiger partial charge in [0.25, 0.3) is 0 Å². The van der Waals surface area contributed by atoms with E-state index in [0.29, 0.717) is 6.54 Å². The summed E-state index contributed by atoms with van der Waals surface area (Å²) in [4.78, 5) is 14.6. The van der Waals surface area contributed by atoms with E-state index in [1.165, 1.54) is 28.4 Å². The van der Waals surface area contributed by atoms with Crippen molar-refractivity contribution in [3.05, 3.63) is 63.9 Å². The summed E-state index contributed by atoms with van der Waals surface area (Å²) < 4.78 is 1.50. The van der Waals surface area contributed by atoms with Crippen LogP contribution in [-0.4, -0.2) is 19.7 Å². The molecule has 0 radical (unpaired) electrons. The molecule has 21 heavy (non-hydrogen) atoms. The minimum Gasteiger partial charge on any atom is -0.332 e. The molecule has 1 aromatic carbocycles. The molecule has 106 valence electrons. The number of nitro groups is 1. The molecule has 0 aliphatic heterocycles. The number of hydrogen-bond acceptors (Lipinski definition) is 6. The van der Waals surface area contributed by atoms with E-state index in [4.69, 9.17) is 0 Å². The number of nitrogens with one attached hydrogen (secondary N) is 1. The van der Waals surface area contributed by atoms with Gasteiger partial charge in [-0.15, -0.1) is 11.3 Å². The van der Waals surface area contributed by atoms with Gasteiger partial charge >= 0.3 is 5.69 Å². The highest BCUT2D eigenvalue weighted by molar-refractivity contribution is 7.13. The number of para-hydroxylation sites is 1. The molecule has 7 nitrogen and oxygen atoms in total. The van der Waals surface area contributed by atoms with Crippen LogP contribution < -0.4 is 5.32 Å². The molecular weight excluding hydrogens is 290 g/mol. The summed E-state index contributed by atoms with van der Waals surface area (Å²) in [6.07, 6.45) is 2.62. The Balaban J connectivity index is 1.68. The smallest absolute Gasteiger partial charge is 0.307 e. The molecule has 0 aliphatic carbocycles. The van der Waals surface area contributed by atoms with Crippen LogP contribution in [0.15, 0.2) is 48.1 Å². The fraction of sp³-hybridized carbons (Fsp3) is 0.0769. The van der Waals surface area contributed by atoms with Crippen molar-refractivity contribution < 1.29 is 4.92 Å². The van der Waals surface area contributed by atoms with Crippen LogP contribution in [0.1, 0.15) is 5.69 Å². The summed E-state index contributed by atoms with van der Waals surface area (Å²) in [7, 11) is 0. The molecule has 1 N–H and O–H groups in total. The zero-order valence-corrected chi connectivity index (χ0v) is 11.7. The van der Waals surface area contributed by atoms with Crippen molar-refractivity contribution in [3.63, 3.8) is 0 Å². The highest BCUT2D eigenvalue weighted by Gasteiger charge is 2.10. The lowest BCUT2D eigenvalue weighted by molar-refractivity contribution is -0.385. The molecule has 8 heteroatoms. The lowest BCUT2D eigenvalue weighted by atomic mass is 10.3. The van der Waals surface area contributed by atoms with E-state index >= 15 is 0 Å². The molecule has 0 atom stereocenters. The number of benzene rings is 1. The molecule has 0 saturated carbocycles. The number of anilines is 2. The standard InChI is InChI=1S/C13H11N5O2S/c19-18(20)12-6-14-17(8-12)7-11-9-21-13(16-11)15-10-4-2-1-3-5-10/h1-6,8-9H,7H2,(H,15,16). The van der Waals surface area contributed by atoms with Gasteiger partial charge in [-0.05, 0) is 12.1 Å². The summed E-state index contributed by atoms with van der Waals surface area (Å²) in [6, 6.07) is 9.75. The second-order valence-corrected chi connectivity index (χ2v) is 5.15. The third-order valence-electron chi connectivity index (χ3n) is 2.73. The zero-order chi connectivity index (χ0) is 14.7. The molecule has 3 aromatic rings. The van der Waals surface area contributed by atoms with Crippen LogP contribution in [0.25, 0.3) is 0 Å². The molecule has 0 amide bonds. The van der Waals surface area contributed by atoms with Crippen molar-refractivity contribution >= 4 is 27.8 Å². The average molecular weight is 301 g/mol. The summed E-state index contributed by atoms with van der Waals surface area (Å²) in [5.41, 5.74) is 1.75. The molecular formula is C13H11N5O2S. The van der Waals surface area contributed by atoms with E-state index in [2.05, 4.69) is 15.4 Å². The van der Waals surface area contributed by atoms with Gasteiger partial charge in [-0.25, -0.2) is 4.98 Å². The van der Waals surface area contributed by atoms with Gasteiger partial charge in [-0.1, -0.05) is 18.2 Å². The van der Waals surface area contributed by atoms with Crippen molar-refractivity contribution in [1.29, 1.82) is 0 Å². The van der Waals surface area contributed by atoms with E-state index in [9.17, 15) is 10.1 Å². The second-order valence-electron chi connectivity index (χ2n) is 4.29. The fourth-order valence-corrected chi connectivity index (χ4v) is 2.50. The van der Waals surface area contributed by atoms with Gasteiger partial charge in [0, 0.05) is 11.1 Å². The van der Waals surface area contributed by atoms with Crippen molar-refractivity contribution in [2.75, 3.05) is 5.32 Å². The van der Waals surface area contributed by atoms with E-state index in [1.807, 2.05) is 35.7 Å². The SMILES string of the molecule is O=[N+]([O-])c1cnn(Cc2csc(Nc3ccccc3)n2)c1. The molecule has 0 spiro atoms. The highest BCUT2D eigenvalue weighted by Crippen LogP contribution is 2.21. The van der Waals surface area contributed by atoms with Gasteiger partial charge in [0.2, 0.25) is 0 Å². The number of rotatable bonds is 5. The highest BCUT2D eigenvalue weighted by atomic mass is 32.1. The first-order valence-electron chi connectivity index (χ1n) is 6.14. The van der Waals surface area contributed by atoms with Crippen LogP contribution in [0.3, 0.4) is 0 Å². The predicted molar refractivity (Wildman–Crippen MR) is 79.8 cm³/mol. The first-order valence-corrected chi connectivity index (χ1v) is 7.02. The van der Waals surface area contributed by atoms with Gasteiger partial charge in [0.1, 0.15) is 12.4 Å². The first kappa shape index (κ1) is 13.3. The molecule has 0 fully saturated rings. The summed E-state index contributed by atoms with van der Waals surface area (Å²) in [6.45, 7) is 0.404. The van der Waals surface area contributed by atoms with Crippen LogP contribution in [0.4, 0.5) is 16.5 Å². The molecule has 0 unspecified atom stereocenters. The molecule has 2 aromatic heterocycles. The van der Waals surface area contributed by atoms with Crippen LogP contribution in [-0.2, 0) is 6.54 Å². The molecule has 2 heterocycles. The second kappa shape index (κ2) is 5.71. The first-order chi connectivity index (χ1) is 10.2. The Morgan fingerprint density at radius 1 is 1.33 bits per heavy atom. The maximum Gasteiger partial charge on any atom is 0.307 e. The number of hydrogen-bond donors (Lipinski definition) is 1. The maximum atomic E-state index is 10.6. The van der Waals surface area contributed by atoms with Crippen molar-refractivity contribution in [3.8, 4) is 0 Å². The van der Waals surface area contributed by atoms with Crippen molar-refractivity contribution in [2.24, 2.45) is 0 Å². The van der Waals surface area contributed by atoms with Crippen LogP contribution in [0, 0.1) is 10.1 Å². The molecule has 0 saturated heterocycles. The van der Waals surface area contributed by atoms with Gasteiger partial charge < -0.3 is 5.32 Å². The zero-order valence-electron chi connectivity index (χ0n) is 10.8. The Hall–Kier alpha value is -2.74. The topological polar surface area (TPSA) is 85.9 Å². The van der Waals surface area contributed by atoms with E-state index < -0.39 is 4.92 Å². The van der Waals surface area contributed by atoms with Crippen molar-refractivity contribution in [2.45, 2.75) is 6.54 Å². The number of thiazole rings is 1. The van der Waals surface area contributed by atoms with E-state index in [-0.39, 0.29) is 5.69 Å². The van der Waals surface area contributed by atoms with Crippen LogP contribution >= 0.6 is 11.3 Å². The maximum absolute atomic E-state index is 10.6. The Morgan fingerprint density at radius 2 is 2.14 bits per heavy atom. The normalized spacial score (nSPS) is 10.5. The van der Waals surface area contributed by atoms with Gasteiger partial charge in [0.05, 0.1) is 17.2 Å². The lowest BCUT2D eigenvalue weighted by Crippen LogP contribution is -2.00. The minimum atomic E-state index is -0.465. The predicted octanol–water partition coefficient (Wildman–Crippen LogP) is 3.04. The Kier molecular flexibility index (Phi) is 3.61. The van der Waals surface area contributed by atoms with Crippen LogP contribution in [0.2, 0.25) is 0 Å². The third-order valence-corrected chi connectivity index (χ3v) is 3.54. The van der Waals surface area contributed by atoms with Gasteiger partial charge in [0.15, 0.2) is 5.13 Å².